The number of hydroxylamine groups is 1. The maximum absolute atomic E-state index is 8.35. The highest BCUT2D eigenvalue weighted by Crippen LogP contribution is 2.00. The van der Waals surface area contributed by atoms with Crippen LogP contribution in [0, 0.1) is 0 Å². The molecule has 0 aromatic carbocycles. The van der Waals surface area contributed by atoms with E-state index in [1.165, 1.54) is 0 Å². The Bertz CT molecular complexity index is 63.4. The Labute approximate surface area is 49.6 Å². The van der Waals surface area contributed by atoms with E-state index in [2.05, 4.69) is 0 Å². The van der Waals surface area contributed by atoms with Gasteiger partial charge in [0.25, 0.3) is 0 Å². The van der Waals surface area contributed by atoms with Crippen LogP contribution in [0.3, 0.4) is 0 Å². The smallest absolute Gasteiger partial charge is 0.135 e. The van der Waals surface area contributed by atoms with Gasteiger partial charge in [0.05, 0.1) is 0 Å². The van der Waals surface area contributed by atoms with Gasteiger partial charge >= 0.3 is 0 Å². The van der Waals surface area contributed by atoms with E-state index in [9.17, 15) is 0 Å². The third-order valence-corrected chi connectivity index (χ3v) is 0.774. The fraction of sp³-hybridized carbons (Fsp3) is 1.00. The zero-order valence-corrected chi connectivity index (χ0v) is 5.56. The number of hydrogen-bond donors (Lipinski definition) is 2. The van der Waals surface area contributed by atoms with E-state index in [-0.39, 0.29) is 0 Å². The van der Waals surface area contributed by atoms with Gasteiger partial charge in [-0.05, 0) is 20.8 Å². The first-order valence-electron chi connectivity index (χ1n) is 2.67. The fourth-order valence-electron chi connectivity index (χ4n) is 0.393. The lowest BCUT2D eigenvalue weighted by molar-refractivity contribution is -0.112. The minimum atomic E-state index is -0.602. The lowest BCUT2D eigenvalue weighted by Crippen LogP contribution is -2.39. The standard InChI is InChI=1S/C5H13NO2/c1-4-8-5(2,3)6-7/h6-7H,4H2,1-3H3. The van der Waals surface area contributed by atoms with Gasteiger partial charge in [0.1, 0.15) is 5.72 Å². The van der Waals surface area contributed by atoms with Crippen LogP contribution < -0.4 is 5.48 Å². The lowest BCUT2D eigenvalue weighted by Gasteiger charge is -2.21. The third-order valence-electron chi connectivity index (χ3n) is 0.774. The monoisotopic (exact) mass is 119 g/mol. The first-order valence-corrected chi connectivity index (χ1v) is 2.67. The van der Waals surface area contributed by atoms with E-state index in [4.69, 9.17) is 9.94 Å². The summed E-state index contributed by atoms with van der Waals surface area (Å²) in [5, 5.41) is 8.35. The van der Waals surface area contributed by atoms with Crippen molar-refractivity contribution in [3.63, 3.8) is 0 Å². The zero-order valence-electron chi connectivity index (χ0n) is 5.56. The molecule has 0 fully saturated rings. The molecule has 0 amide bonds. The Morgan fingerprint density at radius 1 is 1.62 bits per heavy atom. The lowest BCUT2D eigenvalue weighted by atomic mass is 10.3. The largest absolute Gasteiger partial charge is 0.359 e. The number of hydrogen-bond acceptors (Lipinski definition) is 3. The Hall–Kier alpha value is -0.120. The van der Waals surface area contributed by atoms with Crippen LogP contribution >= 0.6 is 0 Å². The van der Waals surface area contributed by atoms with Gasteiger partial charge in [-0.15, -0.1) is 0 Å². The third kappa shape index (κ3) is 2.96. The van der Waals surface area contributed by atoms with Gasteiger partial charge in [0, 0.05) is 6.61 Å². The van der Waals surface area contributed by atoms with Crippen molar-refractivity contribution in [1.29, 1.82) is 0 Å². The van der Waals surface area contributed by atoms with Crippen LogP contribution in [0.15, 0.2) is 0 Å². The molecule has 0 aliphatic heterocycles. The highest BCUT2D eigenvalue weighted by atomic mass is 16.6. The second-order valence-electron chi connectivity index (χ2n) is 2.06. The summed E-state index contributed by atoms with van der Waals surface area (Å²) >= 11 is 0. The fourth-order valence-corrected chi connectivity index (χ4v) is 0.393. The first kappa shape index (κ1) is 7.88. The van der Waals surface area contributed by atoms with Crippen molar-refractivity contribution < 1.29 is 9.94 Å². The van der Waals surface area contributed by atoms with Crippen LogP contribution in [-0.4, -0.2) is 17.5 Å². The van der Waals surface area contributed by atoms with Crippen LogP contribution in [0.2, 0.25) is 0 Å². The molecule has 0 unspecified atom stereocenters. The maximum Gasteiger partial charge on any atom is 0.135 e. The topological polar surface area (TPSA) is 41.5 Å². The minimum Gasteiger partial charge on any atom is -0.359 e. The normalized spacial score (nSPS) is 12.0. The second-order valence-corrected chi connectivity index (χ2v) is 2.06. The molecule has 0 rings (SSSR count). The summed E-state index contributed by atoms with van der Waals surface area (Å²) in [6.07, 6.45) is 0. The van der Waals surface area contributed by atoms with E-state index in [1.54, 1.807) is 13.8 Å². The molecule has 50 valence electrons. The molecular formula is C5H13NO2. The molecular weight excluding hydrogens is 106 g/mol. The Kier molecular flexibility index (Phi) is 2.97. The molecule has 8 heavy (non-hydrogen) atoms. The van der Waals surface area contributed by atoms with Crippen LogP contribution in [0.4, 0.5) is 0 Å². The molecule has 0 bridgehead atoms. The molecule has 0 aromatic rings. The van der Waals surface area contributed by atoms with Crippen molar-refractivity contribution in [2.24, 2.45) is 0 Å². The molecule has 3 nitrogen and oxygen atoms in total. The highest BCUT2D eigenvalue weighted by molar-refractivity contribution is 4.55. The predicted octanol–water partition coefficient (Wildman–Crippen LogP) is 0.738. The summed E-state index contributed by atoms with van der Waals surface area (Å²) in [5.74, 6) is 0. The van der Waals surface area contributed by atoms with Crippen molar-refractivity contribution in [2.45, 2.75) is 26.5 Å². The predicted molar refractivity (Wildman–Crippen MR) is 30.6 cm³/mol. The molecule has 3 heteroatoms. The zero-order chi connectivity index (χ0) is 6.62. The van der Waals surface area contributed by atoms with Gasteiger partial charge in [-0.1, -0.05) is 0 Å². The highest BCUT2D eigenvalue weighted by Gasteiger charge is 2.13. The Balaban J connectivity index is 3.37. The summed E-state index contributed by atoms with van der Waals surface area (Å²) in [6.45, 7) is 5.96. The van der Waals surface area contributed by atoms with Crippen molar-refractivity contribution in [2.75, 3.05) is 6.61 Å². The van der Waals surface area contributed by atoms with Crippen LogP contribution in [0.25, 0.3) is 0 Å². The van der Waals surface area contributed by atoms with Crippen molar-refractivity contribution >= 4 is 0 Å². The molecule has 0 atom stereocenters. The van der Waals surface area contributed by atoms with Crippen LogP contribution in [0.5, 0.6) is 0 Å². The van der Waals surface area contributed by atoms with Crippen LogP contribution in [-0.2, 0) is 4.74 Å². The summed E-state index contributed by atoms with van der Waals surface area (Å²) < 4.78 is 5.02. The van der Waals surface area contributed by atoms with Gasteiger partial charge in [-0.25, -0.2) is 0 Å². The van der Waals surface area contributed by atoms with E-state index >= 15 is 0 Å². The maximum atomic E-state index is 8.35. The van der Waals surface area contributed by atoms with Gasteiger partial charge < -0.3 is 9.94 Å². The molecule has 0 spiro atoms. The molecule has 0 heterocycles. The molecule has 0 saturated carbocycles. The first-order chi connectivity index (χ1) is 3.62. The van der Waals surface area contributed by atoms with E-state index in [0.717, 1.165) is 0 Å². The van der Waals surface area contributed by atoms with Gasteiger partial charge in [-0.3, -0.25) is 0 Å². The average Bonchev–Trinajstić information content (AvgIpc) is 1.67. The summed E-state index contributed by atoms with van der Waals surface area (Å²) in [5.41, 5.74) is 1.42. The van der Waals surface area contributed by atoms with Crippen LogP contribution in [0.1, 0.15) is 20.8 Å². The average molecular weight is 119 g/mol. The van der Waals surface area contributed by atoms with E-state index in [1.807, 2.05) is 12.4 Å². The van der Waals surface area contributed by atoms with E-state index < -0.39 is 5.72 Å². The molecule has 0 radical (unpaired) electrons. The van der Waals surface area contributed by atoms with Gasteiger partial charge in [0.15, 0.2) is 0 Å². The van der Waals surface area contributed by atoms with Crippen molar-refractivity contribution in [1.82, 2.24) is 5.48 Å². The molecule has 0 saturated heterocycles. The Morgan fingerprint density at radius 3 is 2.25 bits per heavy atom. The number of ether oxygens (including phenoxy) is 1. The second kappa shape index (κ2) is 3.02. The van der Waals surface area contributed by atoms with Crippen molar-refractivity contribution in [3.8, 4) is 0 Å². The van der Waals surface area contributed by atoms with E-state index in [0.29, 0.717) is 6.61 Å². The summed E-state index contributed by atoms with van der Waals surface area (Å²) in [4.78, 5) is 0. The molecule has 0 aliphatic rings. The van der Waals surface area contributed by atoms with Gasteiger partial charge in [-0.2, -0.15) is 5.48 Å². The number of nitrogens with one attached hydrogen (secondary N) is 1. The van der Waals surface area contributed by atoms with Crippen molar-refractivity contribution in [3.05, 3.63) is 0 Å². The van der Waals surface area contributed by atoms with Gasteiger partial charge in [0.2, 0.25) is 0 Å². The quantitative estimate of drug-likeness (QED) is 0.425. The molecule has 0 aromatic heterocycles. The SMILES string of the molecule is CCOC(C)(C)NO. The molecule has 0 aliphatic carbocycles. The minimum absolute atomic E-state index is 0.598. The summed E-state index contributed by atoms with van der Waals surface area (Å²) in [7, 11) is 0. The Morgan fingerprint density at radius 2 is 2.12 bits per heavy atom. The molecule has 2 N–H and O–H groups in total. The summed E-state index contributed by atoms with van der Waals surface area (Å²) in [6, 6.07) is 0. The number of rotatable bonds is 3.